The normalized spacial score (nSPS) is 35.0. The van der Waals surface area contributed by atoms with Crippen molar-refractivity contribution in [2.24, 2.45) is 51.8 Å². The molecule has 9 unspecified atom stereocenters. The predicted molar refractivity (Wildman–Crippen MR) is 269 cm³/mol. The van der Waals surface area contributed by atoms with Crippen LogP contribution < -0.4 is 16.4 Å². The lowest BCUT2D eigenvalue weighted by molar-refractivity contribution is -0.207. The molecule has 2 aromatic heterocycles. The highest BCUT2D eigenvalue weighted by Gasteiger charge is 2.66. The van der Waals surface area contributed by atoms with Crippen molar-refractivity contribution >= 4 is 69.1 Å². The number of phosphoric acid groups is 3. The third kappa shape index (κ3) is 13.6. The van der Waals surface area contributed by atoms with Crippen LogP contribution in [0.5, 0.6) is 0 Å². The number of rotatable bonds is 23. The molecule has 4 saturated carbocycles. The molecule has 5 aliphatic rings. The number of amides is 2. The second-order valence-corrected chi connectivity index (χ2v) is 27.7. The van der Waals surface area contributed by atoms with E-state index in [1.807, 2.05) is 0 Å². The van der Waals surface area contributed by atoms with Gasteiger partial charge in [0.15, 0.2) is 22.8 Å². The number of nitrogen functional groups attached to an aromatic ring is 1. The molecule has 2 aromatic rings. The van der Waals surface area contributed by atoms with Crippen molar-refractivity contribution < 1.29 is 95.8 Å². The van der Waals surface area contributed by atoms with Gasteiger partial charge in [-0.1, -0.05) is 46.4 Å². The van der Waals surface area contributed by atoms with Gasteiger partial charge in [-0.15, -0.1) is 0 Å². The van der Waals surface area contributed by atoms with E-state index >= 15 is 0 Å². The van der Waals surface area contributed by atoms with Gasteiger partial charge in [0.05, 0.1) is 37.9 Å². The molecule has 1 saturated heterocycles. The van der Waals surface area contributed by atoms with Gasteiger partial charge in [0.25, 0.3) is 0 Å². The van der Waals surface area contributed by atoms with E-state index in [2.05, 4.69) is 55.2 Å². The zero-order valence-electron chi connectivity index (χ0n) is 43.0. The number of thioether (sulfide) groups is 1. The molecule has 31 heteroatoms. The number of anilines is 1. The van der Waals surface area contributed by atoms with Gasteiger partial charge in [0, 0.05) is 37.1 Å². The number of fused-ring (bicyclic) bond motifs is 6. The zero-order valence-corrected chi connectivity index (χ0v) is 46.5. The number of imidazole rings is 1. The molecular weight excluding hydrogens is 1080 g/mol. The lowest BCUT2D eigenvalue weighted by atomic mass is 9.43. The summed E-state index contributed by atoms with van der Waals surface area (Å²) in [5.74, 6) is -0.0993. The van der Waals surface area contributed by atoms with Crippen molar-refractivity contribution in [2.45, 2.75) is 148 Å². The lowest BCUT2D eigenvalue weighted by Crippen LogP contribution is -2.62. The van der Waals surface area contributed by atoms with Gasteiger partial charge in [0.1, 0.15) is 36.3 Å². The summed E-state index contributed by atoms with van der Waals surface area (Å²) in [6.07, 6.45) is -1.83. The minimum atomic E-state index is -5.60. The maximum absolute atomic E-state index is 13.0. The average Bonchev–Trinajstić information content (AvgIpc) is 4.03. The topological polar surface area (TPSA) is 424 Å². The van der Waals surface area contributed by atoms with Crippen LogP contribution >= 0.6 is 35.2 Å². The lowest BCUT2D eigenvalue weighted by Gasteiger charge is -2.63. The number of hydrogen-bond acceptors (Lipinski definition) is 21. The van der Waals surface area contributed by atoms with Crippen LogP contribution in [0.1, 0.15) is 105 Å². The number of carbonyl (C=O) groups excluding carboxylic acids is 3. The van der Waals surface area contributed by atoms with Crippen molar-refractivity contribution in [2.75, 3.05) is 37.8 Å². The van der Waals surface area contributed by atoms with Crippen LogP contribution in [0.3, 0.4) is 0 Å². The SMILES string of the molecule is CC(CCC(=O)SCCNC(=O)CCNC(=O)C(O)C(C)(C)COP(=O)(O)OP(=O)(O)OC[C@H]1O[C@@H](n2cnc3c(N)ncnc32)[C@H](O)[C@@H]1OP(=O)(O)O)C1CC[C@H]2C3[C@H](O)CC4C[C@H](O)CCC4(C)[C@H]3C[C@H](O)C12C. The maximum atomic E-state index is 13.0. The van der Waals surface area contributed by atoms with Gasteiger partial charge in [-0.25, -0.2) is 28.6 Å². The van der Waals surface area contributed by atoms with Gasteiger partial charge < -0.3 is 66.2 Å². The van der Waals surface area contributed by atoms with Crippen molar-refractivity contribution in [1.82, 2.24) is 30.2 Å². The van der Waals surface area contributed by atoms with Gasteiger partial charge >= 0.3 is 23.5 Å². The Kier molecular flexibility index (Phi) is 19.2. The van der Waals surface area contributed by atoms with E-state index in [1.54, 1.807) is 0 Å². The summed E-state index contributed by atoms with van der Waals surface area (Å²) in [5.41, 5.74) is 3.86. The second-order valence-electron chi connectivity index (χ2n) is 22.3. The second kappa shape index (κ2) is 23.9. The Labute approximate surface area is 443 Å². The fraction of sp³-hybridized carbons (Fsp3) is 0.822. The first-order valence-corrected chi connectivity index (χ1v) is 31.0. The number of carbonyl (C=O) groups is 3. The first-order chi connectivity index (χ1) is 35.4. The number of nitrogens with zero attached hydrogens (tertiary/aromatic N) is 4. The van der Waals surface area contributed by atoms with E-state index in [4.69, 9.17) is 19.5 Å². The van der Waals surface area contributed by atoms with E-state index in [0.29, 0.717) is 37.9 Å². The molecular formula is C45H74N7O20P3S. The van der Waals surface area contributed by atoms with Gasteiger partial charge in [-0.3, -0.25) is 32.5 Å². The Bertz CT molecular complexity index is 2560. The highest BCUT2D eigenvalue weighted by atomic mass is 32.2. The van der Waals surface area contributed by atoms with Crippen LogP contribution in [0.25, 0.3) is 11.2 Å². The molecule has 4 aliphatic carbocycles. The standard InChI is InChI=1S/C45H74N7O20P3S/c1-23(26-7-8-27-34-28(18-31(55)45(26,27)5)44(4)12-10-25(53)16-24(44)17-29(34)54)6-9-33(57)76-15-14-47-32(56)11-13-48-41(60)38(59)43(2,3)20-69-75(66,67)72-74(64,65)68-19-30-37(71-73(61,62)63)36(58)42(70-30)52-22-51-35-39(46)49-21-50-40(35)52/h21-31,34,36-38,42,53-55,58-59H,6-20H2,1-5H3,(H,47,56)(H,48,60)(H,64,65)(H,66,67)(H2,46,49,50)(H2,61,62,63)/t23?,24?,25-,26?,27+,28+,29-,30-,31+,34?,36-,37-,38?,42-,44?,45?/m1/s1. The van der Waals surface area contributed by atoms with Crippen LogP contribution in [-0.2, 0) is 50.7 Å². The number of hydrogen-bond donors (Lipinski definition) is 12. The molecule has 7 rings (SSSR count). The summed E-state index contributed by atoms with van der Waals surface area (Å²) >= 11 is 1.10. The van der Waals surface area contributed by atoms with Crippen molar-refractivity contribution in [1.29, 1.82) is 0 Å². The molecule has 0 bridgehead atoms. The van der Waals surface area contributed by atoms with Crippen LogP contribution in [0.2, 0.25) is 0 Å². The zero-order chi connectivity index (χ0) is 55.9. The molecule has 18 atom stereocenters. The molecule has 2 amide bonds. The highest BCUT2D eigenvalue weighted by molar-refractivity contribution is 8.13. The number of ether oxygens (including phenoxy) is 1. The number of nitrogens with one attached hydrogen (secondary N) is 2. The van der Waals surface area contributed by atoms with E-state index in [9.17, 15) is 73.2 Å². The van der Waals surface area contributed by atoms with E-state index in [1.165, 1.54) is 13.8 Å². The minimum Gasteiger partial charge on any atom is -0.393 e. The minimum absolute atomic E-state index is 0.0137. The summed E-state index contributed by atoms with van der Waals surface area (Å²) in [4.78, 5) is 89.7. The summed E-state index contributed by atoms with van der Waals surface area (Å²) in [5, 5.41) is 60.6. The van der Waals surface area contributed by atoms with E-state index < -0.39 is 96.8 Å². The van der Waals surface area contributed by atoms with Crippen molar-refractivity contribution in [3.05, 3.63) is 12.7 Å². The van der Waals surface area contributed by atoms with Gasteiger partial charge in [0.2, 0.25) is 11.8 Å². The molecule has 27 nitrogen and oxygen atoms in total. The quantitative estimate of drug-likeness (QED) is 0.0559. The summed E-state index contributed by atoms with van der Waals surface area (Å²) in [7, 11) is -16.5. The van der Waals surface area contributed by atoms with Crippen LogP contribution in [-0.4, -0.2) is 156 Å². The fourth-order valence-corrected chi connectivity index (χ4v) is 16.6. The van der Waals surface area contributed by atoms with Gasteiger partial charge in [-0.2, -0.15) is 4.31 Å². The third-order valence-corrected chi connectivity index (χ3v) is 21.1. The molecule has 0 radical (unpaired) electrons. The Morgan fingerprint density at radius 3 is 2.37 bits per heavy atom. The fourth-order valence-electron chi connectivity index (χ4n) is 13.0. The Morgan fingerprint density at radius 2 is 1.66 bits per heavy atom. The molecule has 3 heterocycles. The molecule has 5 fully saturated rings. The Morgan fingerprint density at radius 1 is 0.947 bits per heavy atom. The summed E-state index contributed by atoms with van der Waals surface area (Å²) < 4.78 is 62.7. The number of phosphoric ester groups is 3. The number of aromatic nitrogens is 4. The van der Waals surface area contributed by atoms with Crippen LogP contribution in [0.4, 0.5) is 5.82 Å². The van der Waals surface area contributed by atoms with Crippen molar-refractivity contribution in [3.63, 3.8) is 0 Å². The smallest absolute Gasteiger partial charge is 0.393 e. The van der Waals surface area contributed by atoms with Crippen LogP contribution in [0, 0.1) is 51.8 Å². The molecule has 0 spiro atoms. The Balaban J connectivity index is 0.784. The highest BCUT2D eigenvalue weighted by Crippen LogP contribution is 2.68. The maximum Gasteiger partial charge on any atom is 0.481 e. The third-order valence-electron chi connectivity index (χ3n) is 17.1. The molecule has 0 aromatic carbocycles. The van der Waals surface area contributed by atoms with E-state index in [0.717, 1.165) is 54.7 Å². The van der Waals surface area contributed by atoms with Crippen LogP contribution in [0.15, 0.2) is 12.7 Å². The van der Waals surface area contributed by atoms with Crippen molar-refractivity contribution in [3.8, 4) is 0 Å². The number of nitrogens with two attached hydrogens (primary N) is 1. The summed E-state index contributed by atoms with van der Waals surface area (Å²) in [6.45, 7) is 7.05. The first kappa shape index (κ1) is 61.1. The van der Waals surface area contributed by atoms with E-state index in [-0.39, 0.29) is 94.0 Å². The number of aliphatic hydroxyl groups is 5. The summed E-state index contributed by atoms with van der Waals surface area (Å²) in [6, 6.07) is 0. The average molecular weight is 1160 g/mol. The monoisotopic (exact) mass is 1160 g/mol. The largest absolute Gasteiger partial charge is 0.481 e. The molecule has 430 valence electrons. The van der Waals surface area contributed by atoms with Gasteiger partial charge in [-0.05, 0) is 97.7 Å². The Hall–Kier alpha value is -2.56. The molecule has 13 N–H and O–H groups in total. The predicted octanol–water partition coefficient (Wildman–Crippen LogP) is 2.04. The molecule has 76 heavy (non-hydrogen) atoms. The molecule has 1 aliphatic heterocycles. The number of aliphatic hydroxyl groups excluding tert-OH is 5. The first-order valence-electron chi connectivity index (χ1n) is 25.5.